The Kier molecular flexibility index (Phi) is 6.19. The lowest BCUT2D eigenvalue weighted by Gasteiger charge is -2.08. The number of rotatable bonds is 7. The molecule has 128 valence electrons. The summed E-state index contributed by atoms with van der Waals surface area (Å²) >= 11 is 13.7. The molecule has 6 heteroatoms. The van der Waals surface area contributed by atoms with Crippen molar-refractivity contribution in [1.82, 2.24) is 14.8 Å². The Morgan fingerprint density at radius 2 is 1.80 bits per heavy atom. The highest BCUT2D eigenvalue weighted by Gasteiger charge is 2.12. The second kappa shape index (κ2) is 8.56. The van der Waals surface area contributed by atoms with Crippen LogP contribution >= 0.6 is 35.0 Å². The zero-order valence-corrected chi connectivity index (χ0v) is 15.9. The average molecular weight is 390 g/mol. The second-order valence-corrected chi connectivity index (χ2v) is 7.25. The molecular weight excluding hydrogens is 373 g/mol. The van der Waals surface area contributed by atoms with Gasteiger partial charge in [-0.2, -0.15) is 0 Å². The first-order chi connectivity index (χ1) is 12.2. The lowest BCUT2D eigenvalue weighted by Crippen LogP contribution is -2.04. The molecule has 0 atom stereocenters. The van der Waals surface area contributed by atoms with Crippen molar-refractivity contribution in [2.24, 2.45) is 0 Å². The molecule has 0 saturated carbocycles. The summed E-state index contributed by atoms with van der Waals surface area (Å²) in [5.41, 5.74) is 2.30. The number of halogens is 2. The van der Waals surface area contributed by atoms with Crippen LogP contribution in [0.3, 0.4) is 0 Å². The van der Waals surface area contributed by atoms with Gasteiger partial charge >= 0.3 is 0 Å². The number of nitrogens with zero attached hydrogens (tertiary/aromatic N) is 3. The first-order valence-electron chi connectivity index (χ1n) is 7.81. The molecule has 0 spiro atoms. The minimum absolute atomic E-state index is 0.565. The molecule has 0 radical (unpaired) electrons. The molecule has 0 unspecified atom stereocenters. The van der Waals surface area contributed by atoms with E-state index in [1.807, 2.05) is 42.5 Å². The Morgan fingerprint density at radius 1 is 1.00 bits per heavy atom. The van der Waals surface area contributed by atoms with Crippen molar-refractivity contribution in [3.63, 3.8) is 0 Å². The predicted octanol–water partition coefficient (Wildman–Crippen LogP) is 5.65. The summed E-state index contributed by atoms with van der Waals surface area (Å²) in [7, 11) is 0. The Bertz CT molecular complexity index is 862. The van der Waals surface area contributed by atoms with E-state index in [4.69, 9.17) is 23.2 Å². The van der Waals surface area contributed by atoms with Crippen LogP contribution in [-0.2, 0) is 18.7 Å². The van der Waals surface area contributed by atoms with Crippen molar-refractivity contribution in [1.29, 1.82) is 0 Å². The van der Waals surface area contributed by atoms with Gasteiger partial charge in [-0.1, -0.05) is 77.4 Å². The Labute approximate surface area is 161 Å². The lowest BCUT2D eigenvalue weighted by atomic mass is 10.1. The molecule has 0 fully saturated rings. The highest BCUT2D eigenvalue weighted by Crippen LogP contribution is 2.27. The minimum Gasteiger partial charge on any atom is -0.302 e. The van der Waals surface area contributed by atoms with Gasteiger partial charge in [0.1, 0.15) is 5.82 Å². The maximum Gasteiger partial charge on any atom is 0.191 e. The minimum atomic E-state index is 0.565. The van der Waals surface area contributed by atoms with E-state index in [2.05, 4.69) is 33.5 Å². The van der Waals surface area contributed by atoms with E-state index in [0.717, 1.165) is 28.7 Å². The van der Waals surface area contributed by atoms with Crippen molar-refractivity contribution in [2.45, 2.75) is 23.9 Å². The summed E-state index contributed by atoms with van der Waals surface area (Å²) < 4.78 is 2.10. The monoisotopic (exact) mass is 389 g/mol. The molecule has 0 saturated heterocycles. The van der Waals surface area contributed by atoms with Gasteiger partial charge in [0.25, 0.3) is 0 Å². The van der Waals surface area contributed by atoms with Gasteiger partial charge in [-0.25, -0.2) is 0 Å². The molecule has 0 aliphatic heterocycles. The van der Waals surface area contributed by atoms with Crippen LogP contribution in [0.2, 0.25) is 10.0 Å². The van der Waals surface area contributed by atoms with Crippen LogP contribution in [0.1, 0.15) is 17.0 Å². The summed E-state index contributed by atoms with van der Waals surface area (Å²) in [5.74, 6) is 1.68. The van der Waals surface area contributed by atoms with Crippen molar-refractivity contribution in [2.75, 3.05) is 0 Å². The first kappa shape index (κ1) is 18.1. The molecule has 0 aliphatic rings. The zero-order chi connectivity index (χ0) is 17.6. The van der Waals surface area contributed by atoms with Gasteiger partial charge in [-0.05, 0) is 23.3 Å². The molecule has 0 aliphatic carbocycles. The van der Waals surface area contributed by atoms with E-state index in [9.17, 15) is 0 Å². The fourth-order valence-corrected chi connectivity index (χ4v) is 3.66. The molecular formula is C19H17Cl2N3S. The average Bonchev–Trinajstić information content (AvgIpc) is 2.99. The van der Waals surface area contributed by atoms with Crippen molar-refractivity contribution >= 4 is 35.0 Å². The summed E-state index contributed by atoms with van der Waals surface area (Å²) in [6, 6.07) is 15.9. The van der Waals surface area contributed by atoms with Crippen LogP contribution in [-0.4, -0.2) is 14.8 Å². The molecule has 1 heterocycles. The highest BCUT2D eigenvalue weighted by atomic mass is 35.5. The van der Waals surface area contributed by atoms with Crippen LogP contribution in [0, 0.1) is 0 Å². The number of hydrogen-bond acceptors (Lipinski definition) is 3. The van der Waals surface area contributed by atoms with Crippen LogP contribution < -0.4 is 0 Å². The summed E-state index contributed by atoms with van der Waals surface area (Å²) in [6.07, 6.45) is 2.61. The van der Waals surface area contributed by atoms with Gasteiger partial charge in [0.15, 0.2) is 5.16 Å². The fraction of sp³-hybridized carbons (Fsp3) is 0.158. The van der Waals surface area contributed by atoms with Crippen LogP contribution in [0.25, 0.3) is 0 Å². The van der Waals surface area contributed by atoms with E-state index in [1.54, 1.807) is 11.8 Å². The van der Waals surface area contributed by atoms with Crippen molar-refractivity contribution < 1.29 is 0 Å². The summed E-state index contributed by atoms with van der Waals surface area (Å²) in [4.78, 5) is 0. The Morgan fingerprint density at radius 3 is 2.52 bits per heavy atom. The third-order valence-corrected chi connectivity index (χ3v) is 5.44. The third kappa shape index (κ3) is 4.66. The number of hydrogen-bond donors (Lipinski definition) is 0. The fourth-order valence-electron chi connectivity index (χ4n) is 2.42. The SMILES string of the molecule is C=CCn1c(Cc2ccccc2)nnc1SCc1ccc(Cl)c(Cl)c1. The third-order valence-electron chi connectivity index (χ3n) is 3.66. The van der Waals surface area contributed by atoms with Crippen LogP contribution in [0.5, 0.6) is 0 Å². The van der Waals surface area contributed by atoms with Gasteiger partial charge in [0, 0.05) is 18.7 Å². The lowest BCUT2D eigenvalue weighted by molar-refractivity contribution is 0.690. The van der Waals surface area contributed by atoms with Gasteiger partial charge in [0.05, 0.1) is 10.0 Å². The number of thioether (sulfide) groups is 1. The normalized spacial score (nSPS) is 10.8. The maximum absolute atomic E-state index is 6.08. The number of benzene rings is 2. The molecule has 3 nitrogen and oxygen atoms in total. The van der Waals surface area contributed by atoms with E-state index in [1.165, 1.54) is 5.56 Å². The van der Waals surface area contributed by atoms with Gasteiger partial charge in [0.2, 0.25) is 0 Å². The van der Waals surface area contributed by atoms with Crippen molar-refractivity contribution in [3.8, 4) is 0 Å². The molecule has 3 aromatic rings. The van der Waals surface area contributed by atoms with Gasteiger partial charge in [-0.15, -0.1) is 16.8 Å². The quantitative estimate of drug-likeness (QED) is 0.386. The largest absolute Gasteiger partial charge is 0.302 e. The molecule has 1 aromatic heterocycles. The smallest absolute Gasteiger partial charge is 0.191 e. The molecule has 0 N–H and O–H groups in total. The molecule has 2 aromatic carbocycles. The van der Waals surface area contributed by atoms with E-state index in [0.29, 0.717) is 16.6 Å². The van der Waals surface area contributed by atoms with Gasteiger partial charge in [-0.3, -0.25) is 0 Å². The molecule has 0 bridgehead atoms. The van der Waals surface area contributed by atoms with E-state index >= 15 is 0 Å². The first-order valence-corrected chi connectivity index (χ1v) is 9.55. The zero-order valence-electron chi connectivity index (χ0n) is 13.5. The maximum atomic E-state index is 6.08. The summed E-state index contributed by atoms with van der Waals surface area (Å²) in [5, 5.41) is 10.7. The molecule has 3 rings (SSSR count). The molecule has 0 amide bonds. The van der Waals surface area contributed by atoms with Crippen molar-refractivity contribution in [3.05, 3.63) is 88.2 Å². The Hall–Kier alpha value is -1.75. The topological polar surface area (TPSA) is 30.7 Å². The summed E-state index contributed by atoms with van der Waals surface area (Å²) in [6.45, 7) is 4.53. The van der Waals surface area contributed by atoms with Crippen LogP contribution in [0.4, 0.5) is 0 Å². The standard InChI is InChI=1S/C19H17Cl2N3S/c1-2-10-24-18(12-14-6-4-3-5-7-14)22-23-19(24)25-13-15-8-9-16(20)17(21)11-15/h2-9,11H,1,10,12-13H2. The van der Waals surface area contributed by atoms with Gasteiger partial charge < -0.3 is 4.57 Å². The van der Waals surface area contributed by atoms with E-state index in [-0.39, 0.29) is 0 Å². The molecule has 25 heavy (non-hydrogen) atoms. The van der Waals surface area contributed by atoms with Crippen LogP contribution in [0.15, 0.2) is 66.3 Å². The number of allylic oxidation sites excluding steroid dienone is 1. The highest BCUT2D eigenvalue weighted by molar-refractivity contribution is 7.98. The predicted molar refractivity (Wildman–Crippen MR) is 105 cm³/mol. The number of aromatic nitrogens is 3. The Balaban J connectivity index is 1.76. The van der Waals surface area contributed by atoms with E-state index < -0.39 is 0 Å². The second-order valence-electron chi connectivity index (χ2n) is 5.50.